The third-order valence-corrected chi connectivity index (χ3v) is 9.25. The summed E-state index contributed by atoms with van der Waals surface area (Å²) in [6.07, 6.45) is 1.79. The fourth-order valence-electron chi connectivity index (χ4n) is 4.17. The van der Waals surface area contributed by atoms with E-state index in [1.165, 1.54) is 17.5 Å². The Morgan fingerprint density at radius 3 is 2.34 bits per heavy atom. The van der Waals surface area contributed by atoms with Gasteiger partial charge in [0.05, 0.1) is 30.1 Å². The number of amides is 1. The van der Waals surface area contributed by atoms with Gasteiger partial charge in [0, 0.05) is 42.6 Å². The Kier molecular flexibility index (Phi) is 13.0. The number of aromatic nitrogens is 3. The van der Waals surface area contributed by atoms with Crippen LogP contribution in [0.1, 0.15) is 34.9 Å². The van der Waals surface area contributed by atoms with Gasteiger partial charge in [0.1, 0.15) is 28.6 Å². The summed E-state index contributed by atoms with van der Waals surface area (Å²) in [7, 11) is -8.30. The molecule has 0 spiro atoms. The lowest BCUT2D eigenvalue weighted by Gasteiger charge is -2.36. The first-order chi connectivity index (χ1) is 20.7. The van der Waals surface area contributed by atoms with Crippen molar-refractivity contribution in [3.8, 4) is 0 Å². The number of aryl methyl sites for hydroxylation is 2. The highest BCUT2D eigenvalue weighted by atomic mass is 35.5. The molecule has 1 amide bonds. The zero-order chi connectivity index (χ0) is 32.5. The highest BCUT2D eigenvalue weighted by Gasteiger charge is 2.29. The summed E-state index contributed by atoms with van der Waals surface area (Å²) in [4.78, 5) is 30.9. The molecule has 4 rings (SSSR count). The van der Waals surface area contributed by atoms with Crippen LogP contribution in [0.4, 0.5) is 22.5 Å². The molecule has 0 bridgehead atoms. The number of hydrogen-bond acceptors (Lipinski definition) is 15. The van der Waals surface area contributed by atoms with Gasteiger partial charge in [-0.25, -0.2) is 15.0 Å². The molecular weight excluding hydrogens is 657 g/mol. The molecule has 2 N–H and O–H groups in total. The van der Waals surface area contributed by atoms with Crippen molar-refractivity contribution in [1.29, 1.82) is 0 Å². The molecule has 1 aliphatic rings. The molecule has 2 aromatic heterocycles. The number of benzene rings is 1. The molecule has 0 atom stereocenters. The normalized spacial score (nSPS) is 14.1. The zero-order valence-electron chi connectivity index (χ0n) is 24.5. The monoisotopic (exact) mass is 689 g/mol. The second-order valence-electron chi connectivity index (χ2n) is 9.30. The van der Waals surface area contributed by atoms with Gasteiger partial charge in [-0.1, -0.05) is 35.1 Å². The van der Waals surface area contributed by atoms with E-state index in [4.69, 9.17) is 38.2 Å². The molecular formula is C25H33ClN7O8PS2-2. The molecule has 0 unspecified atom stereocenters. The molecule has 0 saturated carbocycles. The van der Waals surface area contributed by atoms with E-state index in [0.29, 0.717) is 71.8 Å². The summed E-state index contributed by atoms with van der Waals surface area (Å²) < 4.78 is 57.9. The van der Waals surface area contributed by atoms with Crippen LogP contribution in [0, 0.1) is 13.8 Å². The second kappa shape index (κ2) is 16.0. The number of piperazine rings is 1. The standard InChI is InChI=1S/C25H33ClN7O4PS.H2O4S/c1-5-36-38(35,37-6-2)16-32-10-12-33(13-11-32)22-14-21(28-18(4)29-22)30-25-27-15-20(39-25)24(34)31-23-17(3)8-7-9-19(23)26;1-5(2,3)4/h7-9,14-15H,5-6,10-13,16H2,1-4H3,(H,31,34)(H,27,28,29,30);(H2,1,2,3,4)/p-2. The van der Waals surface area contributed by atoms with Gasteiger partial charge in [-0.3, -0.25) is 22.7 Å². The maximum absolute atomic E-state index is 12.9. The second-order valence-corrected chi connectivity index (χ2v) is 13.6. The van der Waals surface area contributed by atoms with Gasteiger partial charge in [-0.15, -0.1) is 0 Å². The summed E-state index contributed by atoms with van der Waals surface area (Å²) in [5, 5.41) is 7.08. The number of halogens is 1. The summed E-state index contributed by atoms with van der Waals surface area (Å²) in [5.41, 5.74) is 1.46. The highest BCUT2D eigenvalue weighted by Crippen LogP contribution is 2.48. The van der Waals surface area contributed by atoms with Crippen molar-refractivity contribution in [3.63, 3.8) is 0 Å². The van der Waals surface area contributed by atoms with Crippen LogP contribution in [0.2, 0.25) is 5.02 Å². The van der Waals surface area contributed by atoms with Gasteiger partial charge in [0.25, 0.3) is 5.91 Å². The topological polar surface area (TPSA) is 202 Å². The Bertz CT molecular complexity index is 1550. The van der Waals surface area contributed by atoms with E-state index in [9.17, 15) is 9.36 Å². The number of para-hydroxylation sites is 1. The fraction of sp³-hybridized carbons (Fsp3) is 0.440. The minimum Gasteiger partial charge on any atom is -0.759 e. The molecule has 242 valence electrons. The summed E-state index contributed by atoms with van der Waals surface area (Å²) >= 11 is 7.46. The molecule has 1 aromatic carbocycles. The smallest absolute Gasteiger partial charge is 0.344 e. The molecule has 15 nitrogen and oxygen atoms in total. The van der Waals surface area contributed by atoms with E-state index in [1.54, 1.807) is 6.07 Å². The number of carbonyl (C=O) groups is 1. The van der Waals surface area contributed by atoms with Gasteiger partial charge in [-0.2, -0.15) is 0 Å². The average molecular weight is 690 g/mol. The number of nitrogens with one attached hydrogen (secondary N) is 2. The van der Waals surface area contributed by atoms with Crippen molar-refractivity contribution >= 4 is 69.3 Å². The van der Waals surface area contributed by atoms with Crippen molar-refractivity contribution in [2.24, 2.45) is 0 Å². The predicted molar refractivity (Wildman–Crippen MR) is 166 cm³/mol. The van der Waals surface area contributed by atoms with E-state index < -0.39 is 18.0 Å². The number of carbonyl (C=O) groups excluding carboxylic acids is 1. The van der Waals surface area contributed by atoms with Crippen molar-refractivity contribution in [1.82, 2.24) is 19.9 Å². The summed E-state index contributed by atoms with van der Waals surface area (Å²) in [6.45, 7) is 10.9. The lowest BCUT2D eigenvalue weighted by atomic mass is 10.2. The number of hydrogen-bond donors (Lipinski definition) is 2. The fourth-order valence-corrected chi connectivity index (χ4v) is 6.95. The quantitative estimate of drug-likeness (QED) is 0.165. The van der Waals surface area contributed by atoms with E-state index in [2.05, 4.69) is 35.4 Å². The van der Waals surface area contributed by atoms with Crippen molar-refractivity contribution in [2.45, 2.75) is 27.7 Å². The Labute approximate surface area is 265 Å². The van der Waals surface area contributed by atoms with Crippen molar-refractivity contribution < 1.29 is 35.9 Å². The highest BCUT2D eigenvalue weighted by molar-refractivity contribution is 7.79. The minimum absolute atomic E-state index is 0.272. The van der Waals surface area contributed by atoms with Crippen LogP contribution >= 0.6 is 30.5 Å². The van der Waals surface area contributed by atoms with Crippen LogP contribution in [-0.4, -0.2) is 89.0 Å². The van der Waals surface area contributed by atoms with Crippen molar-refractivity contribution in [3.05, 3.63) is 51.7 Å². The summed E-state index contributed by atoms with van der Waals surface area (Å²) in [6, 6.07) is 7.32. The first kappa shape index (κ1) is 35.7. The van der Waals surface area contributed by atoms with Crippen LogP contribution < -0.4 is 15.5 Å². The maximum atomic E-state index is 12.9. The largest absolute Gasteiger partial charge is 0.759 e. The Morgan fingerprint density at radius 1 is 1.11 bits per heavy atom. The van der Waals surface area contributed by atoms with Gasteiger partial charge >= 0.3 is 7.60 Å². The molecule has 3 aromatic rings. The Hall–Kier alpha value is -2.73. The third-order valence-electron chi connectivity index (χ3n) is 5.97. The van der Waals surface area contributed by atoms with E-state index >= 15 is 0 Å². The molecule has 1 fully saturated rings. The van der Waals surface area contributed by atoms with Crippen LogP contribution in [0.15, 0.2) is 30.5 Å². The first-order valence-corrected chi connectivity index (χ1v) is 17.6. The Balaban J connectivity index is 0.000000978. The molecule has 0 radical (unpaired) electrons. The number of anilines is 4. The van der Waals surface area contributed by atoms with Crippen LogP contribution in [0.3, 0.4) is 0 Å². The number of nitrogens with zero attached hydrogens (tertiary/aromatic N) is 5. The first-order valence-electron chi connectivity index (χ1n) is 13.4. The van der Waals surface area contributed by atoms with Gasteiger partial charge in [0.2, 0.25) is 0 Å². The van der Waals surface area contributed by atoms with Crippen LogP contribution in [0.25, 0.3) is 0 Å². The maximum Gasteiger partial charge on any atom is 0.344 e. The van der Waals surface area contributed by atoms with Gasteiger partial charge in [0.15, 0.2) is 5.13 Å². The SMILES string of the molecule is CCOP(=O)(CN1CCN(c2cc(Nc3ncc(C(=O)Nc4c(C)cccc4Cl)s3)nc(C)n2)CC1)OCC.O=S(=O)([O-])[O-]. The molecule has 44 heavy (non-hydrogen) atoms. The molecule has 19 heteroatoms. The molecule has 0 aliphatic carbocycles. The van der Waals surface area contributed by atoms with Gasteiger partial charge in [-0.05, 0) is 39.3 Å². The molecule has 1 saturated heterocycles. The van der Waals surface area contributed by atoms with E-state index in [1.807, 2.05) is 45.9 Å². The Morgan fingerprint density at radius 2 is 1.75 bits per heavy atom. The van der Waals surface area contributed by atoms with Crippen LogP contribution in [-0.2, 0) is 24.0 Å². The lowest BCUT2D eigenvalue weighted by molar-refractivity contribution is 0.103. The van der Waals surface area contributed by atoms with Crippen molar-refractivity contribution in [2.75, 3.05) is 61.2 Å². The summed E-state index contributed by atoms with van der Waals surface area (Å²) in [5.74, 6) is 1.69. The zero-order valence-corrected chi connectivity index (χ0v) is 27.8. The molecule has 1 aliphatic heterocycles. The third kappa shape index (κ3) is 11.3. The van der Waals surface area contributed by atoms with Gasteiger partial charge < -0.3 is 33.7 Å². The van der Waals surface area contributed by atoms with Crippen LogP contribution in [0.5, 0.6) is 0 Å². The van der Waals surface area contributed by atoms with E-state index in [0.717, 1.165) is 11.4 Å². The average Bonchev–Trinajstić information content (AvgIpc) is 3.39. The van der Waals surface area contributed by atoms with E-state index in [-0.39, 0.29) is 12.2 Å². The molecule has 3 heterocycles. The number of thiazole rings is 1. The number of rotatable bonds is 11. The lowest BCUT2D eigenvalue weighted by Crippen LogP contribution is -2.47. The minimum atomic E-state index is -5.17. The predicted octanol–water partition coefficient (Wildman–Crippen LogP) is 4.21.